The Labute approximate surface area is 120 Å². The minimum Gasteiger partial charge on any atom is -0.477 e. The average molecular weight is 311 g/mol. The molecule has 7 heteroatoms. The Kier molecular flexibility index (Phi) is 4.53. The third kappa shape index (κ3) is 3.66. The molecule has 0 bridgehead atoms. The predicted molar refractivity (Wildman–Crippen MR) is 76.6 cm³/mol. The summed E-state index contributed by atoms with van der Waals surface area (Å²) in [5.74, 6) is -1.12. The molecule has 1 aromatic heterocycles. The van der Waals surface area contributed by atoms with Crippen LogP contribution in [0.2, 0.25) is 0 Å². The maximum atomic E-state index is 12.0. The summed E-state index contributed by atoms with van der Waals surface area (Å²) in [4.78, 5) is 10.7. The molecule has 106 valence electrons. The summed E-state index contributed by atoms with van der Waals surface area (Å²) < 4.78 is 26.4. The van der Waals surface area contributed by atoms with Gasteiger partial charge in [0.2, 0.25) is 10.0 Å². The van der Waals surface area contributed by atoms with E-state index in [0.29, 0.717) is 6.42 Å². The number of carboxylic acids is 1. The molecule has 0 aliphatic carbocycles. The summed E-state index contributed by atoms with van der Waals surface area (Å²) in [6, 6.07) is 12.1. The van der Waals surface area contributed by atoms with Gasteiger partial charge in [0.1, 0.15) is 9.09 Å². The quantitative estimate of drug-likeness (QED) is 0.854. The number of thiophene rings is 1. The largest absolute Gasteiger partial charge is 0.477 e. The molecule has 0 atom stereocenters. The highest BCUT2D eigenvalue weighted by Crippen LogP contribution is 2.21. The second-order valence-corrected chi connectivity index (χ2v) is 7.13. The van der Waals surface area contributed by atoms with Gasteiger partial charge in [0, 0.05) is 6.54 Å². The van der Waals surface area contributed by atoms with Gasteiger partial charge in [-0.3, -0.25) is 0 Å². The van der Waals surface area contributed by atoms with Crippen molar-refractivity contribution in [3.05, 3.63) is 52.9 Å². The molecule has 20 heavy (non-hydrogen) atoms. The Morgan fingerprint density at radius 1 is 1.15 bits per heavy atom. The molecular formula is C13H13NO4S2. The molecule has 0 unspecified atom stereocenters. The number of carboxylic acid groups (broad SMARTS) is 1. The van der Waals surface area contributed by atoms with Crippen molar-refractivity contribution in [1.82, 2.24) is 4.72 Å². The van der Waals surface area contributed by atoms with Crippen LogP contribution in [0.5, 0.6) is 0 Å². The number of carbonyl (C=O) groups is 1. The monoisotopic (exact) mass is 311 g/mol. The van der Waals surface area contributed by atoms with Gasteiger partial charge in [-0.15, -0.1) is 11.3 Å². The van der Waals surface area contributed by atoms with Crippen molar-refractivity contribution in [3.8, 4) is 0 Å². The molecular weight excluding hydrogens is 298 g/mol. The Balaban J connectivity index is 1.98. The highest BCUT2D eigenvalue weighted by atomic mass is 32.2. The summed E-state index contributed by atoms with van der Waals surface area (Å²) in [6.07, 6.45) is 0.581. The van der Waals surface area contributed by atoms with E-state index in [1.165, 1.54) is 12.1 Å². The maximum absolute atomic E-state index is 12.0. The molecule has 0 amide bonds. The molecule has 0 fully saturated rings. The number of hydrogen-bond donors (Lipinski definition) is 2. The summed E-state index contributed by atoms with van der Waals surface area (Å²) in [5, 5.41) is 8.78. The third-order valence-electron chi connectivity index (χ3n) is 2.61. The summed E-state index contributed by atoms with van der Waals surface area (Å²) in [5.41, 5.74) is 1.03. The lowest BCUT2D eigenvalue weighted by atomic mass is 10.2. The van der Waals surface area contributed by atoms with Crippen LogP contribution in [0.25, 0.3) is 0 Å². The highest BCUT2D eigenvalue weighted by Gasteiger charge is 2.18. The van der Waals surface area contributed by atoms with Crippen LogP contribution in [-0.2, 0) is 16.4 Å². The first-order chi connectivity index (χ1) is 9.49. The van der Waals surface area contributed by atoms with Crippen molar-refractivity contribution in [3.63, 3.8) is 0 Å². The van der Waals surface area contributed by atoms with Gasteiger partial charge in [0.25, 0.3) is 0 Å². The van der Waals surface area contributed by atoms with Crippen LogP contribution in [0.15, 0.2) is 46.7 Å². The van der Waals surface area contributed by atoms with E-state index in [0.717, 1.165) is 16.9 Å². The lowest BCUT2D eigenvalue weighted by molar-refractivity contribution is 0.0702. The highest BCUT2D eigenvalue weighted by molar-refractivity contribution is 7.91. The van der Waals surface area contributed by atoms with E-state index in [1.54, 1.807) is 0 Å². The number of sulfonamides is 1. The number of nitrogens with one attached hydrogen (secondary N) is 1. The molecule has 0 aliphatic heterocycles. The smallest absolute Gasteiger partial charge is 0.345 e. The molecule has 0 radical (unpaired) electrons. The van der Waals surface area contributed by atoms with Gasteiger partial charge in [0.15, 0.2) is 0 Å². The summed E-state index contributed by atoms with van der Waals surface area (Å²) >= 11 is 0.744. The van der Waals surface area contributed by atoms with E-state index in [-0.39, 0.29) is 15.6 Å². The Hall–Kier alpha value is -1.70. The van der Waals surface area contributed by atoms with Crippen LogP contribution < -0.4 is 4.72 Å². The molecule has 5 nitrogen and oxygen atoms in total. The minimum atomic E-state index is -3.64. The molecule has 1 aromatic carbocycles. The summed E-state index contributed by atoms with van der Waals surface area (Å²) in [7, 11) is -3.64. The van der Waals surface area contributed by atoms with Crippen molar-refractivity contribution in [2.24, 2.45) is 0 Å². The van der Waals surface area contributed by atoms with E-state index in [4.69, 9.17) is 5.11 Å². The lowest BCUT2D eigenvalue weighted by Gasteiger charge is -2.04. The van der Waals surface area contributed by atoms with Crippen molar-refractivity contribution in [1.29, 1.82) is 0 Å². The minimum absolute atomic E-state index is 0.00781. The van der Waals surface area contributed by atoms with Gasteiger partial charge < -0.3 is 5.11 Å². The van der Waals surface area contributed by atoms with Gasteiger partial charge in [-0.25, -0.2) is 17.9 Å². The van der Waals surface area contributed by atoms with Gasteiger partial charge in [-0.1, -0.05) is 30.3 Å². The molecule has 0 saturated heterocycles. The van der Waals surface area contributed by atoms with Gasteiger partial charge in [0.05, 0.1) is 0 Å². The van der Waals surface area contributed by atoms with Crippen molar-refractivity contribution >= 4 is 27.3 Å². The van der Waals surface area contributed by atoms with E-state index >= 15 is 0 Å². The summed E-state index contributed by atoms with van der Waals surface area (Å²) in [6.45, 7) is 0.270. The standard InChI is InChI=1S/C13H13NO4S2/c15-13(16)11-6-7-12(19-11)20(17,18)14-9-8-10-4-2-1-3-5-10/h1-7,14H,8-9H2,(H,15,16). The maximum Gasteiger partial charge on any atom is 0.345 e. The topological polar surface area (TPSA) is 83.5 Å². The fourth-order valence-corrected chi connectivity index (χ4v) is 3.85. The first kappa shape index (κ1) is 14.7. The van der Waals surface area contributed by atoms with E-state index in [9.17, 15) is 13.2 Å². The van der Waals surface area contributed by atoms with Crippen LogP contribution in [-0.4, -0.2) is 26.0 Å². The van der Waals surface area contributed by atoms with Crippen LogP contribution >= 0.6 is 11.3 Å². The van der Waals surface area contributed by atoms with Gasteiger partial charge in [-0.05, 0) is 24.1 Å². The van der Waals surface area contributed by atoms with E-state index in [1.807, 2.05) is 30.3 Å². The second kappa shape index (κ2) is 6.17. The Bertz CT molecular complexity index is 692. The normalized spacial score (nSPS) is 11.4. The molecule has 0 saturated carbocycles. The van der Waals surface area contributed by atoms with Gasteiger partial charge >= 0.3 is 5.97 Å². The van der Waals surface area contributed by atoms with E-state index < -0.39 is 16.0 Å². The van der Waals surface area contributed by atoms with Crippen LogP contribution in [0, 0.1) is 0 Å². The SMILES string of the molecule is O=C(O)c1ccc(S(=O)(=O)NCCc2ccccc2)s1. The second-order valence-electron chi connectivity index (χ2n) is 4.06. The van der Waals surface area contributed by atoms with Crippen molar-refractivity contribution in [2.75, 3.05) is 6.54 Å². The zero-order chi connectivity index (χ0) is 14.6. The van der Waals surface area contributed by atoms with Crippen molar-refractivity contribution in [2.45, 2.75) is 10.6 Å². The number of hydrogen-bond acceptors (Lipinski definition) is 4. The van der Waals surface area contributed by atoms with Crippen LogP contribution in [0.4, 0.5) is 0 Å². The Morgan fingerprint density at radius 3 is 2.45 bits per heavy atom. The average Bonchev–Trinajstić information content (AvgIpc) is 2.90. The van der Waals surface area contributed by atoms with Crippen LogP contribution in [0.1, 0.15) is 15.2 Å². The fourth-order valence-electron chi connectivity index (χ4n) is 1.63. The van der Waals surface area contributed by atoms with Crippen molar-refractivity contribution < 1.29 is 18.3 Å². The molecule has 2 rings (SSSR count). The number of benzene rings is 1. The first-order valence-electron chi connectivity index (χ1n) is 5.86. The van der Waals surface area contributed by atoms with E-state index in [2.05, 4.69) is 4.72 Å². The lowest BCUT2D eigenvalue weighted by Crippen LogP contribution is -2.25. The zero-order valence-electron chi connectivity index (χ0n) is 10.4. The number of aromatic carboxylic acids is 1. The van der Waals surface area contributed by atoms with Gasteiger partial charge in [-0.2, -0.15) is 0 Å². The molecule has 0 spiro atoms. The Morgan fingerprint density at radius 2 is 1.85 bits per heavy atom. The molecule has 0 aliphatic rings. The number of rotatable bonds is 6. The molecule has 2 N–H and O–H groups in total. The zero-order valence-corrected chi connectivity index (χ0v) is 12.1. The third-order valence-corrected chi connectivity index (χ3v) is 5.63. The fraction of sp³-hybridized carbons (Fsp3) is 0.154. The van der Waals surface area contributed by atoms with Crippen LogP contribution in [0.3, 0.4) is 0 Å². The molecule has 2 aromatic rings. The first-order valence-corrected chi connectivity index (χ1v) is 8.16. The predicted octanol–water partition coefficient (Wildman–Crippen LogP) is 1.97. The molecule has 1 heterocycles.